The number of carbonyl (C=O) groups excluding carboxylic acids is 1. The Morgan fingerprint density at radius 3 is 2.65 bits per heavy atom. The van der Waals surface area contributed by atoms with Gasteiger partial charge in [-0.3, -0.25) is 9.78 Å². The Bertz CT molecular complexity index is 412. The molecule has 1 amide bonds. The lowest BCUT2D eigenvalue weighted by Gasteiger charge is -2.39. The number of aromatic nitrogens is 1. The molecule has 1 fully saturated rings. The average molecular weight is 235 g/mol. The van der Waals surface area contributed by atoms with E-state index in [0.29, 0.717) is 5.56 Å². The molecule has 1 aromatic heterocycles. The summed E-state index contributed by atoms with van der Waals surface area (Å²) in [5.41, 5.74) is 0.436. The van der Waals surface area contributed by atoms with Crippen molar-refractivity contribution in [3.63, 3.8) is 0 Å². The van der Waals surface area contributed by atoms with Gasteiger partial charge in [0, 0.05) is 31.4 Å². The van der Waals surface area contributed by atoms with E-state index in [-0.39, 0.29) is 23.7 Å². The van der Waals surface area contributed by atoms with E-state index in [0.717, 1.165) is 13.1 Å². The van der Waals surface area contributed by atoms with Gasteiger partial charge in [-0.05, 0) is 19.9 Å². The van der Waals surface area contributed by atoms with Gasteiger partial charge in [0.1, 0.15) is 5.75 Å². The molecule has 5 heteroatoms. The molecule has 1 aliphatic heterocycles. The van der Waals surface area contributed by atoms with Gasteiger partial charge < -0.3 is 15.3 Å². The van der Waals surface area contributed by atoms with Gasteiger partial charge in [0.15, 0.2) is 0 Å². The van der Waals surface area contributed by atoms with Crippen LogP contribution < -0.4 is 5.32 Å². The Morgan fingerprint density at radius 2 is 2.06 bits per heavy atom. The Hall–Kier alpha value is -1.62. The number of pyridine rings is 1. The molecular weight excluding hydrogens is 218 g/mol. The smallest absolute Gasteiger partial charge is 0.256 e. The lowest BCUT2D eigenvalue weighted by atomic mass is 10.1. The normalized spacial score (nSPS) is 24.7. The van der Waals surface area contributed by atoms with Crippen LogP contribution in [0.1, 0.15) is 24.2 Å². The van der Waals surface area contributed by atoms with E-state index >= 15 is 0 Å². The lowest BCUT2D eigenvalue weighted by molar-refractivity contribution is 0.0543. The molecule has 0 aliphatic carbocycles. The third-order valence-electron chi connectivity index (χ3n) is 3.03. The minimum absolute atomic E-state index is 0.0197. The quantitative estimate of drug-likeness (QED) is 0.748. The molecule has 2 atom stereocenters. The summed E-state index contributed by atoms with van der Waals surface area (Å²) in [5, 5.41) is 12.6. The number of nitrogens with one attached hydrogen (secondary N) is 1. The van der Waals surface area contributed by atoms with Crippen molar-refractivity contribution in [1.82, 2.24) is 15.2 Å². The Balaban J connectivity index is 2.24. The van der Waals surface area contributed by atoms with Gasteiger partial charge in [0.2, 0.25) is 0 Å². The molecule has 1 aromatic rings. The van der Waals surface area contributed by atoms with Crippen molar-refractivity contribution in [2.45, 2.75) is 25.9 Å². The zero-order chi connectivity index (χ0) is 12.4. The summed E-state index contributed by atoms with van der Waals surface area (Å²) in [6, 6.07) is 1.75. The second-order valence-electron chi connectivity index (χ2n) is 4.50. The number of hydrogen-bond acceptors (Lipinski definition) is 4. The van der Waals surface area contributed by atoms with Crippen molar-refractivity contribution in [3.05, 3.63) is 24.0 Å². The van der Waals surface area contributed by atoms with E-state index in [4.69, 9.17) is 0 Å². The average Bonchev–Trinajstić information content (AvgIpc) is 2.28. The predicted molar refractivity (Wildman–Crippen MR) is 63.9 cm³/mol. The molecule has 0 bridgehead atoms. The molecular formula is C12H17N3O2. The minimum Gasteiger partial charge on any atom is -0.506 e. The van der Waals surface area contributed by atoms with E-state index in [1.54, 1.807) is 0 Å². The third kappa shape index (κ3) is 2.39. The molecule has 2 unspecified atom stereocenters. The minimum atomic E-state index is -0.0742. The zero-order valence-corrected chi connectivity index (χ0v) is 10.1. The Morgan fingerprint density at radius 1 is 1.41 bits per heavy atom. The summed E-state index contributed by atoms with van der Waals surface area (Å²) in [7, 11) is 0. The molecule has 1 aliphatic rings. The van der Waals surface area contributed by atoms with Gasteiger partial charge in [0.05, 0.1) is 11.8 Å². The highest BCUT2D eigenvalue weighted by Crippen LogP contribution is 2.16. The summed E-state index contributed by atoms with van der Waals surface area (Å²) in [6.45, 7) is 5.61. The Labute approximate surface area is 100 Å². The summed E-state index contributed by atoms with van der Waals surface area (Å²) in [6.07, 6.45) is 2.81. The lowest BCUT2D eigenvalue weighted by Crippen LogP contribution is -2.57. The summed E-state index contributed by atoms with van der Waals surface area (Å²) >= 11 is 0. The molecule has 2 N–H and O–H groups in total. The molecule has 2 heterocycles. The first-order valence-electron chi connectivity index (χ1n) is 5.77. The number of carbonyl (C=O) groups is 1. The molecule has 0 spiro atoms. The molecule has 0 saturated carbocycles. The molecule has 0 aromatic carbocycles. The van der Waals surface area contributed by atoms with E-state index in [1.807, 2.05) is 18.7 Å². The number of hydrogen-bond donors (Lipinski definition) is 2. The number of rotatable bonds is 1. The monoisotopic (exact) mass is 235 g/mol. The van der Waals surface area contributed by atoms with Crippen LogP contribution in [0.3, 0.4) is 0 Å². The fourth-order valence-electron chi connectivity index (χ4n) is 2.23. The van der Waals surface area contributed by atoms with Crippen molar-refractivity contribution >= 4 is 5.91 Å². The fourth-order valence-corrected chi connectivity index (χ4v) is 2.23. The molecule has 5 nitrogen and oxygen atoms in total. The van der Waals surface area contributed by atoms with Crippen LogP contribution >= 0.6 is 0 Å². The largest absolute Gasteiger partial charge is 0.506 e. The topological polar surface area (TPSA) is 65.5 Å². The number of piperazine rings is 1. The standard InChI is InChI=1S/C12H17N3O2/c1-8-4-13-5-9(2)15(8)12(17)10-3-11(16)7-14-6-10/h3,6-9,13,16H,4-5H2,1-2H3. The zero-order valence-electron chi connectivity index (χ0n) is 10.1. The van der Waals surface area contributed by atoms with Crippen molar-refractivity contribution in [2.24, 2.45) is 0 Å². The van der Waals surface area contributed by atoms with Crippen LogP contribution in [0.2, 0.25) is 0 Å². The van der Waals surface area contributed by atoms with Crippen molar-refractivity contribution in [3.8, 4) is 5.75 Å². The second-order valence-corrected chi connectivity index (χ2v) is 4.50. The maximum Gasteiger partial charge on any atom is 0.256 e. The van der Waals surface area contributed by atoms with Gasteiger partial charge in [-0.25, -0.2) is 0 Å². The van der Waals surface area contributed by atoms with Crippen LogP contribution in [-0.2, 0) is 0 Å². The van der Waals surface area contributed by atoms with Gasteiger partial charge in [-0.2, -0.15) is 0 Å². The summed E-state index contributed by atoms with van der Waals surface area (Å²) < 4.78 is 0. The van der Waals surface area contributed by atoms with Crippen LogP contribution in [0, 0.1) is 0 Å². The highest BCUT2D eigenvalue weighted by atomic mass is 16.3. The van der Waals surface area contributed by atoms with Gasteiger partial charge in [-0.1, -0.05) is 0 Å². The third-order valence-corrected chi connectivity index (χ3v) is 3.03. The van der Waals surface area contributed by atoms with Crippen LogP contribution in [-0.4, -0.2) is 46.1 Å². The molecule has 0 radical (unpaired) electrons. The maximum absolute atomic E-state index is 12.3. The van der Waals surface area contributed by atoms with E-state index in [9.17, 15) is 9.90 Å². The van der Waals surface area contributed by atoms with E-state index in [2.05, 4.69) is 10.3 Å². The summed E-state index contributed by atoms with van der Waals surface area (Å²) in [5.74, 6) is -0.0545. The van der Waals surface area contributed by atoms with E-state index in [1.165, 1.54) is 18.5 Å². The van der Waals surface area contributed by atoms with Crippen molar-refractivity contribution in [1.29, 1.82) is 0 Å². The van der Waals surface area contributed by atoms with Crippen LogP contribution in [0.5, 0.6) is 5.75 Å². The number of nitrogens with zero attached hydrogens (tertiary/aromatic N) is 2. The molecule has 2 rings (SSSR count). The highest BCUT2D eigenvalue weighted by molar-refractivity contribution is 5.94. The predicted octanol–water partition coefficient (Wildman–Crippen LogP) is 0.610. The van der Waals surface area contributed by atoms with Gasteiger partial charge in [-0.15, -0.1) is 0 Å². The summed E-state index contributed by atoms with van der Waals surface area (Å²) in [4.78, 5) is 18.0. The second kappa shape index (κ2) is 4.71. The van der Waals surface area contributed by atoms with Crippen molar-refractivity contribution in [2.75, 3.05) is 13.1 Å². The number of aromatic hydroxyl groups is 1. The fraction of sp³-hybridized carbons (Fsp3) is 0.500. The SMILES string of the molecule is CC1CNCC(C)N1C(=O)c1cncc(O)c1. The first-order chi connectivity index (χ1) is 8.09. The van der Waals surface area contributed by atoms with E-state index < -0.39 is 0 Å². The highest BCUT2D eigenvalue weighted by Gasteiger charge is 2.29. The van der Waals surface area contributed by atoms with Crippen LogP contribution in [0.15, 0.2) is 18.5 Å². The van der Waals surface area contributed by atoms with Crippen LogP contribution in [0.4, 0.5) is 0 Å². The first kappa shape index (κ1) is 11.9. The molecule has 92 valence electrons. The Kier molecular flexibility index (Phi) is 3.28. The molecule has 1 saturated heterocycles. The van der Waals surface area contributed by atoms with Crippen molar-refractivity contribution < 1.29 is 9.90 Å². The first-order valence-corrected chi connectivity index (χ1v) is 5.77. The number of amides is 1. The molecule has 17 heavy (non-hydrogen) atoms. The van der Waals surface area contributed by atoms with Gasteiger partial charge >= 0.3 is 0 Å². The maximum atomic E-state index is 12.3. The van der Waals surface area contributed by atoms with Crippen LogP contribution in [0.25, 0.3) is 0 Å². The van der Waals surface area contributed by atoms with Gasteiger partial charge in [0.25, 0.3) is 5.91 Å².